The van der Waals surface area contributed by atoms with Gasteiger partial charge in [0.15, 0.2) is 0 Å². The quantitative estimate of drug-likeness (QED) is 0.918. The first-order chi connectivity index (χ1) is 9.74. The van der Waals surface area contributed by atoms with Crippen molar-refractivity contribution in [2.75, 3.05) is 7.05 Å². The maximum atomic E-state index is 4.78. The fourth-order valence-corrected chi connectivity index (χ4v) is 3.82. The third kappa shape index (κ3) is 3.07. The van der Waals surface area contributed by atoms with Crippen LogP contribution >= 0.6 is 11.3 Å². The second kappa shape index (κ2) is 6.01. The molecule has 0 spiro atoms. The largest absolute Gasteiger partial charge is 0.292 e. The van der Waals surface area contributed by atoms with Crippen LogP contribution in [0, 0.1) is 0 Å². The molecule has 1 aliphatic carbocycles. The predicted octanol–water partition coefficient (Wildman–Crippen LogP) is 2.33. The van der Waals surface area contributed by atoms with Gasteiger partial charge in [-0.1, -0.05) is 6.92 Å². The van der Waals surface area contributed by atoms with E-state index in [0.717, 1.165) is 37.6 Å². The molecule has 108 valence electrons. The molecule has 3 rings (SSSR count). The van der Waals surface area contributed by atoms with Crippen molar-refractivity contribution in [2.24, 2.45) is 0 Å². The van der Waals surface area contributed by atoms with Crippen molar-refractivity contribution in [3.05, 3.63) is 27.2 Å². The normalized spacial score (nSPS) is 14.8. The Morgan fingerprint density at radius 3 is 2.80 bits per heavy atom. The third-order valence-corrected chi connectivity index (χ3v) is 4.75. The first-order valence-electron chi connectivity index (χ1n) is 7.30. The summed E-state index contributed by atoms with van der Waals surface area (Å²) in [7, 11) is 2.11. The summed E-state index contributed by atoms with van der Waals surface area (Å²) in [6.07, 6.45) is 5.88. The number of fused-ring (bicyclic) bond motifs is 1. The molecule has 0 saturated carbocycles. The van der Waals surface area contributed by atoms with Gasteiger partial charge in [-0.05, 0) is 32.7 Å². The Bertz CT molecular complexity index is 550. The van der Waals surface area contributed by atoms with Crippen LogP contribution in [0.1, 0.15) is 47.0 Å². The number of hydrogen-bond acceptors (Lipinski definition) is 5. The molecule has 0 saturated heterocycles. The summed E-state index contributed by atoms with van der Waals surface area (Å²) in [4.78, 5) is 13.0. The fraction of sp³-hybridized carbons (Fsp3) is 0.643. The maximum absolute atomic E-state index is 4.78. The van der Waals surface area contributed by atoms with Crippen molar-refractivity contribution >= 4 is 11.3 Å². The SMILES string of the molecule is CCc1n[nH]c(CN(C)Cc2nc3c(s2)CCCC3)n1. The van der Waals surface area contributed by atoms with Crippen molar-refractivity contribution in [1.29, 1.82) is 0 Å². The molecule has 2 aromatic rings. The van der Waals surface area contributed by atoms with Crippen molar-refractivity contribution in [3.8, 4) is 0 Å². The molecule has 0 unspecified atom stereocenters. The smallest absolute Gasteiger partial charge is 0.150 e. The first kappa shape index (κ1) is 13.7. The Labute approximate surface area is 123 Å². The van der Waals surface area contributed by atoms with Crippen molar-refractivity contribution in [1.82, 2.24) is 25.1 Å². The van der Waals surface area contributed by atoms with Gasteiger partial charge in [-0.15, -0.1) is 11.3 Å². The van der Waals surface area contributed by atoms with Crippen LogP contribution in [-0.4, -0.2) is 32.1 Å². The number of thiazole rings is 1. The van der Waals surface area contributed by atoms with Gasteiger partial charge in [-0.3, -0.25) is 10.00 Å². The number of H-pyrrole nitrogens is 1. The van der Waals surface area contributed by atoms with Crippen LogP contribution in [0.15, 0.2) is 0 Å². The second-order valence-corrected chi connectivity index (χ2v) is 6.58. The predicted molar refractivity (Wildman–Crippen MR) is 79.7 cm³/mol. The number of hydrogen-bond donors (Lipinski definition) is 1. The number of nitrogens with zero attached hydrogens (tertiary/aromatic N) is 4. The Hall–Kier alpha value is -1.27. The van der Waals surface area contributed by atoms with E-state index in [1.807, 2.05) is 11.3 Å². The number of aromatic nitrogens is 4. The lowest BCUT2D eigenvalue weighted by atomic mass is 10.0. The third-order valence-electron chi connectivity index (χ3n) is 3.61. The average molecular weight is 291 g/mol. The topological polar surface area (TPSA) is 57.7 Å². The number of rotatable bonds is 5. The van der Waals surface area contributed by atoms with E-state index in [2.05, 4.69) is 34.1 Å². The van der Waals surface area contributed by atoms with Crippen molar-refractivity contribution in [3.63, 3.8) is 0 Å². The molecule has 1 aliphatic rings. The molecule has 6 heteroatoms. The molecular weight excluding hydrogens is 270 g/mol. The number of aryl methyl sites for hydroxylation is 3. The van der Waals surface area contributed by atoms with Gasteiger partial charge in [-0.2, -0.15) is 5.10 Å². The number of aromatic amines is 1. The van der Waals surface area contributed by atoms with Crippen LogP contribution in [0.4, 0.5) is 0 Å². The fourth-order valence-electron chi connectivity index (χ4n) is 2.58. The molecule has 2 aromatic heterocycles. The van der Waals surface area contributed by atoms with E-state index in [9.17, 15) is 0 Å². The van der Waals surface area contributed by atoms with Gasteiger partial charge in [-0.25, -0.2) is 9.97 Å². The average Bonchev–Trinajstić information content (AvgIpc) is 3.04. The molecule has 0 fully saturated rings. The van der Waals surface area contributed by atoms with Gasteiger partial charge in [0.25, 0.3) is 0 Å². The standard InChI is InChI=1S/C14H21N5S/c1-3-12-16-13(18-17-12)8-19(2)9-14-15-10-6-4-5-7-11(10)20-14/h3-9H2,1-2H3,(H,16,17,18). The van der Waals surface area contributed by atoms with Crippen LogP contribution in [0.5, 0.6) is 0 Å². The minimum atomic E-state index is 0.789. The minimum absolute atomic E-state index is 0.789. The summed E-state index contributed by atoms with van der Waals surface area (Å²) in [6.45, 7) is 3.74. The van der Waals surface area contributed by atoms with Crippen LogP contribution in [-0.2, 0) is 32.4 Å². The second-order valence-electron chi connectivity index (χ2n) is 5.41. The van der Waals surface area contributed by atoms with Crippen molar-refractivity contribution < 1.29 is 0 Å². The maximum Gasteiger partial charge on any atom is 0.150 e. The van der Waals surface area contributed by atoms with Gasteiger partial charge in [0.1, 0.15) is 16.7 Å². The highest BCUT2D eigenvalue weighted by Crippen LogP contribution is 2.27. The van der Waals surface area contributed by atoms with Crippen LogP contribution < -0.4 is 0 Å². The molecule has 20 heavy (non-hydrogen) atoms. The van der Waals surface area contributed by atoms with E-state index in [1.54, 1.807) is 0 Å². The molecule has 5 nitrogen and oxygen atoms in total. The highest BCUT2D eigenvalue weighted by atomic mass is 32.1. The minimum Gasteiger partial charge on any atom is -0.292 e. The summed E-state index contributed by atoms with van der Waals surface area (Å²) in [6, 6.07) is 0. The number of nitrogens with one attached hydrogen (secondary N) is 1. The van der Waals surface area contributed by atoms with E-state index >= 15 is 0 Å². The van der Waals surface area contributed by atoms with Gasteiger partial charge in [0.2, 0.25) is 0 Å². The lowest BCUT2D eigenvalue weighted by molar-refractivity contribution is 0.310. The van der Waals surface area contributed by atoms with E-state index in [-0.39, 0.29) is 0 Å². The van der Waals surface area contributed by atoms with E-state index in [1.165, 1.54) is 34.8 Å². The highest BCUT2D eigenvalue weighted by Gasteiger charge is 2.16. The summed E-state index contributed by atoms with van der Waals surface area (Å²) < 4.78 is 0. The summed E-state index contributed by atoms with van der Waals surface area (Å²) in [5, 5.41) is 8.41. The molecule has 0 atom stereocenters. The Morgan fingerprint density at radius 1 is 1.20 bits per heavy atom. The highest BCUT2D eigenvalue weighted by molar-refractivity contribution is 7.11. The Kier molecular flexibility index (Phi) is 4.12. The van der Waals surface area contributed by atoms with Gasteiger partial charge in [0.05, 0.1) is 18.8 Å². The summed E-state index contributed by atoms with van der Waals surface area (Å²) in [5.74, 6) is 1.82. The van der Waals surface area contributed by atoms with Gasteiger partial charge >= 0.3 is 0 Å². The molecule has 2 heterocycles. The summed E-state index contributed by atoms with van der Waals surface area (Å²) >= 11 is 1.88. The molecule has 0 amide bonds. The zero-order valence-corrected chi connectivity index (χ0v) is 13.0. The molecule has 1 N–H and O–H groups in total. The van der Waals surface area contributed by atoms with Crippen LogP contribution in [0.2, 0.25) is 0 Å². The first-order valence-corrected chi connectivity index (χ1v) is 8.12. The zero-order chi connectivity index (χ0) is 13.9. The lowest BCUT2D eigenvalue weighted by Crippen LogP contribution is -2.18. The van der Waals surface area contributed by atoms with E-state index < -0.39 is 0 Å². The van der Waals surface area contributed by atoms with E-state index in [4.69, 9.17) is 4.98 Å². The molecule has 0 aromatic carbocycles. The Balaban J connectivity index is 1.60. The molecule has 0 bridgehead atoms. The van der Waals surface area contributed by atoms with Crippen LogP contribution in [0.25, 0.3) is 0 Å². The summed E-state index contributed by atoms with van der Waals surface area (Å²) in [5.41, 5.74) is 1.34. The van der Waals surface area contributed by atoms with Gasteiger partial charge in [0, 0.05) is 11.3 Å². The lowest BCUT2D eigenvalue weighted by Gasteiger charge is -2.12. The van der Waals surface area contributed by atoms with Gasteiger partial charge < -0.3 is 0 Å². The Morgan fingerprint density at radius 2 is 2.05 bits per heavy atom. The molecular formula is C14H21N5S. The zero-order valence-electron chi connectivity index (χ0n) is 12.1. The van der Waals surface area contributed by atoms with Crippen molar-refractivity contribution in [2.45, 2.75) is 52.1 Å². The molecule has 0 aliphatic heterocycles. The molecule has 0 radical (unpaired) electrons. The van der Waals surface area contributed by atoms with E-state index in [0.29, 0.717) is 0 Å². The monoisotopic (exact) mass is 291 g/mol. The van der Waals surface area contributed by atoms with Crippen LogP contribution in [0.3, 0.4) is 0 Å².